The Hall–Kier alpha value is -1.14. The molecule has 0 saturated heterocycles. The molecule has 1 aromatic rings. The number of rotatable bonds is 7. The van der Waals surface area contributed by atoms with E-state index in [9.17, 15) is 4.79 Å². The highest BCUT2D eigenvalue weighted by Crippen LogP contribution is 2.14. The normalized spacial score (nSPS) is 12.4. The van der Waals surface area contributed by atoms with E-state index in [0.29, 0.717) is 23.9 Å². The first-order chi connectivity index (χ1) is 8.13. The van der Waals surface area contributed by atoms with Crippen molar-refractivity contribution in [3.05, 3.63) is 18.0 Å². The van der Waals surface area contributed by atoms with E-state index in [0.717, 1.165) is 5.69 Å². The summed E-state index contributed by atoms with van der Waals surface area (Å²) in [4.78, 5) is 19.2. The molecular weight excluding hydrogens is 238 g/mol. The van der Waals surface area contributed by atoms with Crippen LogP contribution in [0.25, 0.3) is 0 Å². The fourth-order valence-corrected chi connectivity index (χ4v) is 2.20. The summed E-state index contributed by atoms with van der Waals surface area (Å²) in [5.74, 6) is -0.120. The maximum atomic E-state index is 10.9. The molecule has 94 valence electrons. The van der Waals surface area contributed by atoms with E-state index in [1.165, 1.54) is 11.8 Å². The molecule has 6 heteroatoms. The predicted molar refractivity (Wildman–Crippen MR) is 67.2 cm³/mol. The Morgan fingerprint density at radius 1 is 1.65 bits per heavy atom. The Kier molecular flexibility index (Phi) is 5.93. The molecule has 5 nitrogen and oxygen atoms in total. The summed E-state index contributed by atoms with van der Waals surface area (Å²) < 4.78 is 0. The number of carboxylic acid groups (broad SMARTS) is 1. The second-order valence-corrected chi connectivity index (χ2v) is 4.63. The van der Waals surface area contributed by atoms with Crippen molar-refractivity contribution in [3.63, 3.8) is 0 Å². The fourth-order valence-electron chi connectivity index (χ4n) is 1.32. The van der Waals surface area contributed by atoms with E-state index < -0.39 is 12.0 Å². The second-order valence-electron chi connectivity index (χ2n) is 3.57. The van der Waals surface area contributed by atoms with Crippen molar-refractivity contribution in [1.82, 2.24) is 15.3 Å². The molecule has 0 aromatic carbocycles. The average Bonchev–Trinajstić information content (AvgIpc) is 2.28. The third kappa shape index (κ3) is 5.14. The minimum Gasteiger partial charge on any atom is -0.480 e. The van der Waals surface area contributed by atoms with Gasteiger partial charge in [-0.15, -0.1) is 0 Å². The van der Waals surface area contributed by atoms with Crippen molar-refractivity contribution in [3.8, 4) is 0 Å². The van der Waals surface area contributed by atoms with E-state index in [1.807, 2.05) is 19.9 Å². The van der Waals surface area contributed by atoms with Crippen molar-refractivity contribution in [2.24, 2.45) is 0 Å². The Balaban J connectivity index is 2.38. The first-order valence-electron chi connectivity index (χ1n) is 5.52. The van der Waals surface area contributed by atoms with E-state index in [2.05, 4.69) is 15.3 Å². The highest BCUT2D eigenvalue weighted by molar-refractivity contribution is 7.99. The van der Waals surface area contributed by atoms with Crippen LogP contribution in [0.15, 0.2) is 17.4 Å². The molecular formula is C11H17N3O2S. The number of carboxylic acids is 1. The molecule has 0 bridgehead atoms. The molecule has 0 saturated carbocycles. The highest BCUT2D eigenvalue weighted by Gasteiger charge is 2.15. The van der Waals surface area contributed by atoms with Crippen LogP contribution < -0.4 is 5.32 Å². The van der Waals surface area contributed by atoms with Gasteiger partial charge in [0.1, 0.15) is 6.04 Å². The van der Waals surface area contributed by atoms with E-state index in [-0.39, 0.29) is 0 Å². The van der Waals surface area contributed by atoms with Crippen molar-refractivity contribution in [1.29, 1.82) is 0 Å². The fraction of sp³-hybridized carbons (Fsp3) is 0.545. The Morgan fingerprint density at radius 2 is 2.41 bits per heavy atom. The van der Waals surface area contributed by atoms with Crippen molar-refractivity contribution in [2.75, 3.05) is 12.3 Å². The van der Waals surface area contributed by atoms with Gasteiger partial charge in [0.05, 0.1) is 0 Å². The van der Waals surface area contributed by atoms with Gasteiger partial charge < -0.3 is 10.4 Å². The van der Waals surface area contributed by atoms with Gasteiger partial charge in [0.15, 0.2) is 5.16 Å². The summed E-state index contributed by atoms with van der Waals surface area (Å²) >= 11 is 1.48. The number of hydrogen-bond acceptors (Lipinski definition) is 5. The topological polar surface area (TPSA) is 75.1 Å². The summed E-state index contributed by atoms with van der Waals surface area (Å²) in [5.41, 5.74) is 0.920. The van der Waals surface area contributed by atoms with E-state index in [1.54, 1.807) is 6.20 Å². The van der Waals surface area contributed by atoms with Gasteiger partial charge in [-0.05, 0) is 26.0 Å². The summed E-state index contributed by atoms with van der Waals surface area (Å²) in [6.07, 6.45) is 2.27. The molecule has 0 aliphatic rings. The van der Waals surface area contributed by atoms with Gasteiger partial charge in [-0.3, -0.25) is 4.79 Å². The molecule has 2 N–H and O–H groups in total. The number of aromatic nitrogens is 2. The summed E-state index contributed by atoms with van der Waals surface area (Å²) in [6.45, 7) is 4.46. The number of carbonyl (C=O) groups is 1. The molecule has 0 spiro atoms. The van der Waals surface area contributed by atoms with Crippen LogP contribution in [-0.4, -0.2) is 39.4 Å². The lowest BCUT2D eigenvalue weighted by atomic mass is 10.2. The zero-order chi connectivity index (χ0) is 12.7. The Morgan fingerprint density at radius 3 is 3.00 bits per heavy atom. The zero-order valence-electron chi connectivity index (χ0n) is 10.0. The van der Waals surface area contributed by atoms with Crippen molar-refractivity contribution in [2.45, 2.75) is 31.5 Å². The summed E-state index contributed by atoms with van der Waals surface area (Å²) in [6, 6.07) is 1.35. The van der Waals surface area contributed by atoms with Crippen LogP contribution in [0.1, 0.15) is 19.0 Å². The van der Waals surface area contributed by atoms with Crippen LogP contribution >= 0.6 is 11.8 Å². The first-order valence-corrected chi connectivity index (χ1v) is 6.50. The van der Waals surface area contributed by atoms with Crippen LogP contribution in [0.5, 0.6) is 0 Å². The Labute approximate surface area is 105 Å². The van der Waals surface area contributed by atoms with Gasteiger partial charge in [-0.1, -0.05) is 18.7 Å². The molecule has 1 atom stereocenters. The van der Waals surface area contributed by atoms with Crippen LogP contribution in [0, 0.1) is 6.92 Å². The zero-order valence-corrected chi connectivity index (χ0v) is 10.8. The molecule has 1 aromatic heterocycles. The number of aryl methyl sites for hydroxylation is 1. The lowest BCUT2D eigenvalue weighted by Crippen LogP contribution is -2.36. The smallest absolute Gasteiger partial charge is 0.320 e. The third-order valence-corrected chi connectivity index (χ3v) is 3.05. The second kappa shape index (κ2) is 7.24. The maximum Gasteiger partial charge on any atom is 0.320 e. The van der Waals surface area contributed by atoms with Crippen molar-refractivity contribution >= 4 is 17.7 Å². The van der Waals surface area contributed by atoms with Gasteiger partial charge in [0, 0.05) is 17.6 Å². The number of nitrogens with one attached hydrogen (secondary N) is 1. The molecule has 0 radical (unpaired) electrons. The van der Waals surface area contributed by atoms with Crippen LogP contribution in [0.4, 0.5) is 0 Å². The summed E-state index contributed by atoms with van der Waals surface area (Å²) in [7, 11) is 0. The molecule has 0 aliphatic carbocycles. The Bertz CT molecular complexity index is 373. The minimum absolute atomic E-state index is 0.489. The number of hydrogen-bond donors (Lipinski definition) is 2. The largest absolute Gasteiger partial charge is 0.480 e. The lowest BCUT2D eigenvalue weighted by molar-refractivity contribution is -0.139. The van der Waals surface area contributed by atoms with Gasteiger partial charge in [0.2, 0.25) is 0 Å². The van der Waals surface area contributed by atoms with Gasteiger partial charge in [-0.2, -0.15) is 0 Å². The van der Waals surface area contributed by atoms with E-state index >= 15 is 0 Å². The number of nitrogens with zero attached hydrogens (tertiary/aromatic N) is 2. The number of thioether (sulfide) groups is 1. The molecule has 1 unspecified atom stereocenters. The molecule has 1 heterocycles. The van der Waals surface area contributed by atoms with Crippen LogP contribution in [0.2, 0.25) is 0 Å². The molecule has 0 fully saturated rings. The monoisotopic (exact) mass is 255 g/mol. The van der Waals surface area contributed by atoms with Crippen LogP contribution in [-0.2, 0) is 4.79 Å². The molecule has 0 amide bonds. The molecule has 0 aliphatic heterocycles. The standard InChI is InChI=1S/C11H17N3O2S/c1-3-12-9(10(15)16)5-7-17-11-13-6-4-8(2)14-11/h4,6,9,12H,3,5,7H2,1-2H3,(H,15,16). The van der Waals surface area contributed by atoms with Gasteiger partial charge in [0.25, 0.3) is 0 Å². The average molecular weight is 255 g/mol. The predicted octanol–water partition coefficient (Wildman–Crippen LogP) is 1.33. The van der Waals surface area contributed by atoms with Gasteiger partial charge >= 0.3 is 5.97 Å². The van der Waals surface area contributed by atoms with Gasteiger partial charge in [-0.25, -0.2) is 9.97 Å². The first kappa shape index (κ1) is 13.9. The maximum absolute atomic E-state index is 10.9. The summed E-state index contributed by atoms with van der Waals surface area (Å²) in [5, 5.41) is 12.6. The SMILES string of the molecule is CCNC(CCSc1nccc(C)n1)C(=O)O. The van der Waals surface area contributed by atoms with E-state index in [4.69, 9.17) is 5.11 Å². The minimum atomic E-state index is -0.808. The highest BCUT2D eigenvalue weighted by atomic mass is 32.2. The number of likely N-dealkylation sites (N-methyl/N-ethyl adjacent to an activating group) is 1. The molecule has 1 rings (SSSR count). The lowest BCUT2D eigenvalue weighted by Gasteiger charge is -2.11. The van der Waals surface area contributed by atoms with Crippen LogP contribution in [0.3, 0.4) is 0 Å². The third-order valence-electron chi connectivity index (χ3n) is 2.16. The van der Waals surface area contributed by atoms with Crippen molar-refractivity contribution < 1.29 is 9.90 Å². The molecule has 17 heavy (non-hydrogen) atoms. The number of aliphatic carboxylic acids is 1. The quantitative estimate of drug-likeness (QED) is 0.565.